The standard InChI is InChI=1S/C38H44ClN2O2S/c1-5-41(6-2,28-32-22-29(3)21-30(4)23-32)20-10-9-19-40(27-31-13-14-33-11-7-8-12-34(33)24-31)44(42,43)38-18-16-35-25-37(39)17-15-36(35)26-38/h7-8,11-18,21-26H,5-6,9-10,19-20,27-28H2,1-4H3/q+1/p+1. The van der Waals surface area contributed by atoms with Gasteiger partial charge in [0.15, 0.2) is 0 Å². The maximum Gasteiger partial charge on any atom is 0.326 e. The van der Waals surface area contributed by atoms with Crippen LogP contribution in [-0.2, 0) is 27.7 Å². The molecule has 230 valence electrons. The number of aryl methyl sites for hydroxylation is 2. The summed E-state index contributed by atoms with van der Waals surface area (Å²) in [6.07, 6.45) is 1.81. The number of hydrogen-bond donors (Lipinski definition) is 1. The van der Waals surface area contributed by atoms with Gasteiger partial charge in [-0.05, 0) is 102 Å². The molecule has 0 aliphatic heterocycles. The molecule has 0 aromatic heterocycles. The molecule has 0 bridgehead atoms. The lowest BCUT2D eigenvalue weighted by Gasteiger charge is -2.37. The summed E-state index contributed by atoms with van der Waals surface area (Å²) in [4.78, 5) is 0.426. The minimum Gasteiger partial charge on any atom is -0.320 e. The lowest BCUT2D eigenvalue weighted by molar-refractivity contribution is -0.938. The van der Waals surface area contributed by atoms with Crippen molar-refractivity contribution in [2.45, 2.75) is 58.5 Å². The molecule has 1 unspecified atom stereocenters. The molecule has 5 aromatic rings. The smallest absolute Gasteiger partial charge is 0.320 e. The van der Waals surface area contributed by atoms with E-state index >= 15 is 0 Å². The molecule has 1 N–H and O–H groups in total. The topological polar surface area (TPSA) is 40.5 Å². The summed E-state index contributed by atoms with van der Waals surface area (Å²) in [5, 5.41) is 4.81. The van der Waals surface area contributed by atoms with Gasteiger partial charge in [0.2, 0.25) is 4.90 Å². The summed E-state index contributed by atoms with van der Waals surface area (Å²) in [6, 6.07) is 32.6. The molecule has 0 aliphatic rings. The SMILES string of the molecule is CC[N+](CC)(CCCCN(Cc1ccc2ccccc2c1)[S+](=O)(O)c1ccc2cc(Cl)ccc2c1)Cc1cc(C)cc(C)c1. The Bertz CT molecular complexity index is 1780. The lowest BCUT2D eigenvalue weighted by atomic mass is 10.1. The van der Waals surface area contributed by atoms with E-state index in [1.54, 1.807) is 10.4 Å². The maximum absolute atomic E-state index is 14.3. The molecule has 1 atom stereocenters. The molecule has 0 spiro atoms. The van der Waals surface area contributed by atoms with Crippen molar-refractivity contribution in [3.05, 3.63) is 124 Å². The van der Waals surface area contributed by atoms with E-state index in [1.807, 2.05) is 42.5 Å². The van der Waals surface area contributed by atoms with Crippen LogP contribution in [0.4, 0.5) is 0 Å². The zero-order chi connectivity index (χ0) is 31.3. The Kier molecular flexibility index (Phi) is 10.2. The third-order valence-corrected chi connectivity index (χ3v) is 11.1. The second kappa shape index (κ2) is 13.9. The Morgan fingerprint density at radius 1 is 0.727 bits per heavy atom. The number of quaternary nitrogens is 1. The van der Waals surface area contributed by atoms with Gasteiger partial charge in [-0.1, -0.05) is 87.7 Å². The highest BCUT2D eigenvalue weighted by atomic mass is 35.5. The quantitative estimate of drug-likeness (QED) is 0.0801. The first-order valence-corrected chi connectivity index (χ1v) is 17.6. The van der Waals surface area contributed by atoms with Crippen LogP contribution < -0.4 is 0 Å². The van der Waals surface area contributed by atoms with Gasteiger partial charge >= 0.3 is 10.4 Å². The summed E-state index contributed by atoms with van der Waals surface area (Å²) in [6.45, 7) is 14.0. The summed E-state index contributed by atoms with van der Waals surface area (Å²) >= 11 is 6.20. The maximum atomic E-state index is 14.3. The largest absolute Gasteiger partial charge is 0.326 e. The molecule has 5 rings (SSSR count). The zero-order valence-corrected chi connectivity index (χ0v) is 28.0. The number of hydrogen-bond acceptors (Lipinski definition) is 1. The predicted molar refractivity (Wildman–Crippen MR) is 187 cm³/mol. The number of nitrogens with zero attached hydrogens (tertiary/aromatic N) is 2. The van der Waals surface area contributed by atoms with Crippen molar-refractivity contribution in [2.24, 2.45) is 0 Å². The average molecular weight is 629 g/mol. The number of benzene rings is 5. The van der Waals surface area contributed by atoms with Gasteiger partial charge in [0.05, 0.1) is 26.2 Å². The third-order valence-electron chi connectivity index (χ3n) is 9.03. The van der Waals surface area contributed by atoms with Gasteiger partial charge in [-0.2, -0.15) is 4.55 Å². The molecule has 0 radical (unpaired) electrons. The highest BCUT2D eigenvalue weighted by Crippen LogP contribution is 2.30. The predicted octanol–water partition coefficient (Wildman–Crippen LogP) is 9.85. The van der Waals surface area contributed by atoms with Crippen LogP contribution in [0.3, 0.4) is 0 Å². The van der Waals surface area contributed by atoms with E-state index in [0.717, 1.165) is 70.6 Å². The molecular weight excluding hydrogens is 584 g/mol. The third kappa shape index (κ3) is 7.59. The summed E-state index contributed by atoms with van der Waals surface area (Å²) in [7, 11) is -3.49. The second-order valence-electron chi connectivity index (χ2n) is 12.3. The Labute approximate surface area is 269 Å². The van der Waals surface area contributed by atoms with E-state index in [0.29, 0.717) is 23.0 Å². The molecule has 0 fully saturated rings. The van der Waals surface area contributed by atoms with E-state index in [4.69, 9.17) is 11.6 Å². The average Bonchev–Trinajstić information content (AvgIpc) is 3.01. The van der Waals surface area contributed by atoms with Crippen LogP contribution in [0.25, 0.3) is 21.5 Å². The van der Waals surface area contributed by atoms with Crippen molar-refractivity contribution in [2.75, 3.05) is 26.2 Å². The van der Waals surface area contributed by atoms with Gasteiger partial charge in [-0.25, -0.2) is 0 Å². The normalized spacial score (nSPS) is 13.5. The number of fused-ring (bicyclic) bond motifs is 2. The van der Waals surface area contributed by atoms with Crippen molar-refractivity contribution in [1.29, 1.82) is 0 Å². The van der Waals surface area contributed by atoms with Gasteiger partial charge in [0.1, 0.15) is 6.54 Å². The van der Waals surface area contributed by atoms with Gasteiger partial charge < -0.3 is 4.48 Å². The lowest BCUT2D eigenvalue weighted by Crippen LogP contribution is -2.47. The monoisotopic (exact) mass is 628 g/mol. The highest BCUT2D eigenvalue weighted by Gasteiger charge is 2.38. The molecule has 44 heavy (non-hydrogen) atoms. The van der Waals surface area contributed by atoms with Crippen LogP contribution in [0.1, 0.15) is 48.9 Å². The summed E-state index contributed by atoms with van der Waals surface area (Å²) in [5.41, 5.74) is 5.04. The van der Waals surface area contributed by atoms with E-state index in [-0.39, 0.29) is 0 Å². The fourth-order valence-electron chi connectivity index (χ4n) is 6.47. The number of unbranched alkanes of at least 4 members (excludes halogenated alkanes) is 1. The molecular formula is C38H45ClN2O2S+2. The summed E-state index contributed by atoms with van der Waals surface area (Å²) < 4.78 is 28.9. The van der Waals surface area contributed by atoms with Crippen molar-refractivity contribution in [1.82, 2.24) is 4.31 Å². The van der Waals surface area contributed by atoms with Crippen molar-refractivity contribution in [3.63, 3.8) is 0 Å². The molecule has 0 saturated heterocycles. The van der Waals surface area contributed by atoms with Crippen LogP contribution in [0, 0.1) is 13.8 Å². The fraction of sp³-hybridized carbons (Fsp3) is 0.316. The molecule has 4 nitrogen and oxygen atoms in total. The Balaban J connectivity index is 1.37. The van der Waals surface area contributed by atoms with Crippen LogP contribution in [0.5, 0.6) is 0 Å². The van der Waals surface area contributed by atoms with Crippen LogP contribution in [-0.4, -0.2) is 39.5 Å². The first kappa shape index (κ1) is 32.3. The molecule has 5 aromatic carbocycles. The number of rotatable bonds is 13. The fourth-order valence-corrected chi connectivity index (χ4v) is 8.17. The first-order valence-electron chi connectivity index (χ1n) is 15.7. The van der Waals surface area contributed by atoms with Gasteiger partial charge in [-0.3, -0.25) is 0 Å². The Morgan fingerprint density at radius 3 is 2.09 bits per heavy atom. The van der Waals surface area contributed by atoms with Crippen LogP contribution in [0.2, 0.25) is 5.02 Å². The molecule has 6 heteroatoms. The highest BCUT2D eigenvalue weighted by molar-refractivity contribution is 7.95. The zero-order valence-electron chi connectivity index (χ0n) is 26.4. The molecule has 0 amide bonds. The van der Waals surface area contributed by atoms with Crippen LogP contribution in [0.15, 0.2) is 102 Å². The molecule has 0 heterocycles. The second-order valence-corrected chi connectivity index (χ2v) is 14.7. The Hall–Kier alpha value is -3.06. The van der Waals surface area contributed by atoms with Gasteiger partial charge in [0, 0.05) is 23.2 Å². The van der Waals surface area contributed by atoms with Gasteiger partial charge in [-0.15, -0.1) is 0 Å². The van der Waals surface area contributed by atoms with E-state index in [1.165, 1.54) is 16.7 Å². The Morgan fingerprint density at radius 2 is 1.36 bits per heavy atom. The summed E-state index contributed by atoms with van der Waals surface area (Å²) in [5.74, 6) is 0. The molecule has 0 aliphatic carbocycles. The molecule has 0 saturated carbocycles. The minimum absolute atomic E-state index is 0.392. The van der Waals surface area contributed by atoms with E-state index < -0.39 is 10.4 Å². The van der Waals surface area contributed by atoms with E-state index in [9.17, 15) is 8.76 Å². The minimum atomic E-state index is -3.49. The van der Waals surface area contributed by atoms with Crippen molar-refractivity contribution in [3.8, 4) is 0 Å². The van der Waals surface area contributed by atoms with Crippen LogP contribution >= 0.6 is 11.6 Å². The van der Waals surface area contributed by atoms with E-state index in [2.05, 4.69) is 76.2 Å². The number of halogens is 1. The van der Waals surface area contributed by atoms with Crippen molar-refractivity contribution < 1.29 is 13.2 Å². The first-order chi connectivity index (χ1) is 21.1. The van der Waals surface area contributed by atoms with Crippen molar-refractivity contribution >= 4 is 43.5 Å². The van der Waals surface area contributed by atoms with Gasteiger partial charge in [0.25, 0.3) is 0 Å².